The quantitative estimate of drug-likeness (QED) is 0.812. The second kappa shape index (κ2) is 3.40. The summed E-state index contributed by atoms with van der Waals surface area (Å²) in [7, 11) is 0. The molecule has 0 aliphatic heterocycles. The minimum absolute atomic E-state index is 0.0696. The molecule has 1 unspecified atom stereocenters. The molecule has 0 fully saturated rings. The van der Waals surface area contributed by atoms with Gasteiger partial charge in [-0.25, -0.2) is 0 Å². The molecule has 0 aliphatic rings. The second-order valence-corrected chi connectivity index (χ2v) is 3.94. The van der Waals surface area contributed by atoms with E-state index in [4.69, 9.17) is 10.2 Å². The normalized spacial score (nSPS) is 16.1. The lowest BCUT2D eigenvalue weighted by atomic mass is 9.92. The maximum atomic E-state index is 12.8. The molecule has 0 saturated heterocycles. The Morgan fingerprint density at radius 3 is 2.53 bits per heavy atom. The summed E-state index contributed by atoms with van der Waals surface area (Å²) in [6.45, 7) is 0.689. The van der Waals surface area contributed by atoms with Crippen molar-refractivity contribution in [1.29, 1.82) is 0 Å². The van der Waals surface area contributed by atoms with Crippen molar-refractivity contribution in [1.82, 2.24) is 0 Å². The van der Waals surface area contributed by atoms with Gasteiger partial charge in [0.15, 0.2) is 5.60 Å². The first-order valence-corrected chi connectivity index (χ1v) is 4.80. The highest BCUT2D eigenvalue weighted by molar-refractivity contribution is 5.93. The van der Waals surface area contributed by atoms with Gasteiger partial charge in [0.1, 0.15) is 11.8 Å². The van der Waals surface area contributed by atoms with Crippen LogP contribution in [-0.2, 0) is 5.60 Å². The second-order valence-electron chi connectivity index (χ2n) is 3.94. The van der Waals surface area contributed by atoms with Gasteiger partial charge in [-0.05, 0) is 13.0 Å². The third-order valence-corrected chi connectivity index (χ3v) is 2.70. The molecule has 1 aromatic carbocycles. The van der Waals surface area contributed by atoms with Crippen LogP contribution in [0.3, 0.4) is 0 Å². The molecule has 0 aliphatic carbocycles. The van der Waals surface area contributed by atoms with Gasteiger partial charge >= 0.3 is 6.18 Å². The fraction of sp³-hybridized carbons (Fsp3) is 0.273. The number of furan rings is 1. The molecule has 0 bridgehead atoms. The van der Waals surface area contributed by atoms with Gasteiger partial charge in [-0.15, -0.1) is 0 Å². The third-order valence-electron chi connectivity index (χ3n) is 2.70. The van der Waals surface area contributed by atoms with E-state index < -0.39 is 11.8 Å². The molecule has 1 aromatic heterocycles. The van der Waals surface area contributed by atoms with Crippen molar-refractivity contribution in [3.63, 3.8) is 0 Å². The molecule has 17 heavy (non-hydrogen) atoms. The van der Waals surface area contributed by atoms with E-state index in [1.54, 1.807) is 0 Å². The van der Waals surface area contributed by atoms with Crippen LogP contribution in [0, 0.1) is 0 Å². The molecular weight excluding hydrogens is 235 g/mol. The summed E-state index contributed by atoms with van der Waals surface area (Å²) in [6, 6.07) is 4.05. The number of nitrogen functional groups attached to an aromatic ring is 1. The van der Waals surface area contributed by atoms with Crippen LogP contribution < -0.4 is 5.73 Å². The highest BCUT2D eigenvalue weighted by Gasteiger charge is 2.52. The van der Waals surface area contributed by atoms with Gasteiger partial charge in [-0.1, -0.05) is 12.1 Å². The first-order chi connectivity index (χ1) is 7.75. The Kier molecular flexibility index (Phi) is 2.36. The fourth-order valence-corrected chi connectivity index (χ4v) is 1.67. The van der Waals surface area contributed by atoms with Gasteiger partial charge in [-0.2, -0.15) is 13.2 Å². The number of halogens is 3. The third kappa shape index (κ3) is 1.64. The predicted octanol–water partition coefficient (Wildman–Crippen LogP) is 2.78. The average Bonchev–Trinajstić information content (AvgIpc) is 2.59. The van der Waals surface area contributed by atoms with Crippen molar-refractivity contribution < 1.29 is 22.7 Å². The molecule has 1 heterocycles. The van der Waals surface area contributed by atoms with E-state index in [1.165, 1.54) is 18.2 Å². The monoisotopic (exact) mass is 245 g/mol. The van der Waals surface area contributed by atoms with E-state index in [0.29, 0.717) is 6.92 Å². The van der Waals surface area contributed by atoms with Gasteiger partial charge in [0.05, 0.1) is 5.69 Å². The molecule has 2 aromatic rings. The van der Waals surface area contributed by atoms with Crippen molar-refractivity contribution in [3.05, 3.63) is 30.0 Å². The van der Waals surface area contributed by atoms with E-state index in [0.717, 1.165) is 6.26 Å². The van der Waals surface area contributed by atoms with E-state index in [-0.39, 0.29) is 22.2 Å². The fourth-order valence-electron chi connectivity index (χ4n) is 1.67. The summed E-state index contributed by atoms with van der Waals surface area (Å²) in [5.41, 5.74) is 2.55. The Labute approximate surface area is 94.6 Å². The van der Waals surface area contributed by atoms with E-state index in [9.17, 15) is 18.3 Å². The van der Waals surface area contributed by atoms with Gasteiger partial charge in [-0.3, -0.25) is 0 Å². The zero-order valence-electron chi connectivity index (χ0n) is 8.88. The first kappa shape index (κ1) is 11.8. The molecule has 3 nitrogen and oxygen atoms in total. The maximum Gasteiger partial charge on any atom is 0.421 e. The minimum atomic E-state index is -4.79. The average molecular weight is 245 g/mol. The van der Waals surface area contributed by atoms with Crippen LogP contribution in [0.4, 0.5) is 18.9 Å². The van der Waals surface area contributed by atoms with Gasteiger partial charge < -0.3 is 15.3 Å². The van der Waals surface area contributed by atoms with E-state index in [2.05, 4.69) is 0 Å². The highest BCUT2D eigenvalue weighted by Crippen LogP contribution is 2.42. The van der Waals surface area contributed by atoms with Crippen LogP contribution in [-0.4, -0.2) is 11.3 Å². The van der Waals surface area contributed by atoms with Crippen LogP contribution in [0.15, 0.2) is 28.9 Å². The Morgan fingerprint density at radius 2 is 1.94 bits per heavy atom. The molecule has 6 heteroatoms. The number of benzene rings is 1. The van der Waals surface area contributed by atoms with Crippen molar-refractivity contribution in [2.24, 2.45) is 0 Å². The number of hydrogen-bond donors (Lipinski definition) is 2. The summed E-state index contributed by atoms with van der Waals surface area (Å²) in [5.74, 6) is 0. The molecule has 0 radical (unpaired) electrons. The standard InChI is InChI=1S/C11H10F3NO2/c1-10(16,11(12,13)14)6-3-2-4-8-9(6)7(15)5-17-8/h2-5,16H,15H2,1H3. The Bertz CT molecular complexity index is 557. The first-order valence-electron chi connectivity index (χ1n) is 4.80. The summed E-state index contributed by atoms with van der Waals surface area (Å²) in [5, 5.41) is 9.73. The van der Waals surface area contributed by atoms with Gasteiger partial charge in [0, 0.05) is 10.9 Å². The van der Waals surface area contributed by atoms with Crippen LogP contribution >= 0.6 is 0 Å². The van der Waals surface area contributed by atoms with Crippen molar-refractivity contribution in [2.45, 2.75) is 18.7 Å². The zero-order valence-corrected chi connectivity index (χ0v) is 8.88. The zero-order chi connectivity index (χ0) is 12.8. The number of aliphatic hydroxyl groups is 1. The van der Waals surface area contributed by atoms with Crippen LogP contribution in [0.25, 0.3) is 11.0 Å². The van der Waals surface area contributed by atoms with E-state index >= 15 is 0 Å². The SMILES string of the molecule is CC(O)(c1cccc2occ(N)c12)C(F)(F)F. The van der Waals surface area contributed by atoms with Gasteiger partial charge in [0.25, 0.3) is 0 Å². The van der Waals surface area contributed by atoms with Crippen LogP contribution in [0.2, 0.25) is 0 Å². The summed E-state index contributed by atoms with van der Waals surface area (Å²) in [4.78, 5) is 0. The lowest BCUT2D eigenvalue weighted by Gasteiger charge is -2.27. The lowest BCUT2D eigenvalue weighted by Crippen LogP contribution is -2.39. The molecule has 0 amide bonds. The number of anilines is 1. The molecule has 0 spiro atoms. The Hall–Kier alpha value is -1.69. The topological polar surface area (TPSA) is 59.4 Å². The largest absolute Gasteiger partial charge is 0.462 e. The summed E-state index contributed by atoms with van der Waals surface area (Å²) in [6.07, 6.45) is -3.63. The molecule has 1 atom stereocenters. The number of nitrogens with two attached hydrogens (primary N) is 1. The highest BCUT2D eigenvalue weighted by atomic mass is 19.4. The lowest BCUT2D eigenvalue weighted by molar-refractivity contribution is -0.258. The van der Waals surface area contributed by atoms with Crippen molar-refractivity contribution in [3.8, 4) is 0 Å². The molecule has 3 N–H and O–H groups in total. The van der Waals surface area contributed by atoms with Crippen LogP contribution in [0.1, 0.15) is 12.5 Å². The molecule has 0 saturated carbocycles. The maximum absolute atomic E-state index is 12.8. The minimum Gasteiger partial charge on any atom is -0.462 e. The van der Waals surface area contributed by atoms with Crippen LogP contribution in [0.5, 0.6) is 0 Å². The summed E-state index contributed by atoms with van der Waals surface area (Å²) < 4.78 is 43.3. The van der Waals surface area contributed by atoms with Gasteiger partial charge in [0.2, 0.25) is 0 Å². The number of alkyl halides is 3. The molecule has 2 rings (SSSR count). The predicted molar refractivity (Wildman–Crippen MR) is 56.3 cm³/mol. The number of hydrogen-bond acceptors (Lipinski definition) is 3. The van der Waals surface area contributed by atoms with Crippen molar-refractivity contribution in [2.75, 3.05) is 5.73 Å². The number of fused-ring (bicyclic) bond motifs is 1. The van der Waals surface area contributed by atoms with E-state index in [1.807, 2.05) is 0 Å². The number of rotatable bonds is 1. The Balaban J connectivity index is 2.75. The Morgan fingerprint density at radius 1 is 1.29 bits per heavy atom. The molecule has 92 valence electrons. The smallest absolute Gasteiger partial charge is 0.421 e. The molecular formula is C11H10F3NO2. The van der Waals surface area contributed by atoms with Crippen molar-refractivity contribution >= 4 is 16.7 Å². The summed E-state index contributed by atoms with van der Waals surface area (Å²) >= 11 is 0.